The third-order valence-electron chi connectivity index (χ3n) is 6.12. The summed E-state index contributed by atoms with van der Waals surface area (Å²) in [5.41, 5.74) is 0.152. The second-order valence-electron chi connectivity index (χ2n) is 7.28. The molecule has 0 spiro atoms. The second kappa shape index (κ2) is 4.56. The van der Waals surface area contributed by atoms with E-state index in [1.807, 2.05) is 6.92 Å². The van der Waals surface area contributed by atoms with E-state index in [4.69, 9.17) is 0 Å². The number of Topliss-reactive ketones (excluding diaryl/α,β-unsaturated/α-hetero) is 1. The van der Waals surface area contributed by atoms with Gasteiger partial charge in [0, 0.05) is 36.5 Å². The van der Waals surface area contributed by atoms with Gasteiger partial charge in [0.05, 0.1) is 6.04 Å². The maximum atomic E-state index is 12.5. The molecule has 0 aliphatic carbocycles. The quantitative estimate of drug-likeness (QED) is 0.845. The van der Waals surface area contributed by atoms with Crippen LogP contribution in [0.4, 0.5) is 0 Å². The summed E-state index contributed by atoms with van der Waals surface area (Å²) < 4.78 is 0. The number of hydrogen-bond acceptors (Lipinski definition) is 3. The van der Waals surface area contributed by atoms with Gasteiger partial charge in [-0.25, -0.2) is 0 Å². The molecule has 3 fully saturated rings. The molecule has 3 heterocycles. The summed E-state index contributed by atoms with van der Waals surface area (Å²) in [6.45, 7) is 10.00. The van der Waals surface area contributed by atoms with Gasteiger partial charge < -0.3 is 5.32 Å². The molecule has 1 N–H and O–H groups in total. The highest BCUT2D eigenvalue weighted by Crippen LogP contribution is 2.49. The van der Waals surface area contributed by atoms with Gasteiger partial charge in [-0.3, -0.25) is 9.69 Å². The first-order valence-corrected chi connectivity index (χ1v) is 8.05. The van der Waals surface area contributed by atoms with Gasteiger partial charge in [0.2, 0.25) is 0 Å². The summed E-state index contributed by atoms with van der Waals surface area (Å²) in [6.07, 6.45) is 4.39. The van der Waals surface area contributed by atoms with Gasteiger partial charge in [0.25, 0.3) is 0 Å². The van der Waals surface area contributed by atoms with E-state index in [0.29, 0.717) is 36.1 Å². The average Bonchev–Trinajstić information content (AvgIpc) is 3.08. The Labute approximate surface area is 117 Å². The number of rotatable bonds is 4. The van der Waals surface area contributed by atoms with Gasteiger partial charge in [-0.05, 0) is 39.0 Å². The second-order valence-corrected chi connectivity index (χ2v) is 7.28. The van der Waals surface area contributed by atoms with Crippen LogP contribution in [0.3, 0.4) is 0 Å². The van der Waals surface area contributed by atoms with Crippen molar-refractivity contribution in [3.63, 3.8) is 0 Å². The fourth-order valence-corrected chi connectivity index (χ4v) is 4.68. The molecule has 108 valence electrons. The first-order valence-electron chi connectivity index (χ1n) is 8.05. The van der Waals surface area contributed by atoms with Crippen LogP contribution in [-0.4, -0.2) is 40.9 Å². The number of nitrogens with zero attached hydrogens (tertiary/aromatic N) is 1. The van der Waals surface area contributed by atoms with Gasteiger partial charge in [0.15, 0.2) is 0 Å². The number of carbonyl (C=O) groups is 1. The third kappa shape index (κ3) is 1.89. The predicted molar refractivity (Wildman–Crippen MR) is 77.1 cm³/mol. The molecule has 3 saturated heterocycles. The van der Waals surface area contributed by atoms with E-state index in [9.17, 15) is 4.79 Å². The van der Waals surface area contributed by atoms with Gasteiger partial charge in [-0.1, -0.05) is 13.8 Å². The minimum Gasteiger partial charge on any atom is -0.311 e. The summed E-state index contributed by atoms with van der Waals surface area (Å²) >= 11 is 0. The van der Waals surface area contributed by atoms with Crippen molar-refractivity contribution in [1.82, 2.24) is 10.2 Å². The minimum atomic E-state index is 0.152. The summed E-state index contributed by atoms with van der Waals surface area (Å²) in [7, 11) is 0. The van der Waals surface area contributed by atoms with Crippen molar-refractivity contribution in [2.24, 2.45) is 11.8 Å². The van der Waals surface area contributed by atoms with E-state index in [1.54, 1.807) is 0 Å². The van der Waals surface area contributed by atoms with Gasteiger partial charge in [0.1, 0.15) is 5.78 Å². The monoisotopic (exact) mass is 264 g/mol. The molecule has 3 aliphatic rings. The van der Waals surface area contributed by atoms with Crippen LogP contribution >= 0.6 is 0 Å². The van der Waals surface area contributed by atoms with Crippen molar-refractivity contribution in [2.75, 3.05) is 6.54 Å². The first kappa shape index (κ1) is 13.6. The zero-order valence-electron chi connectivity index (χ0n) is 12.8. The van der Waals surface area contributed by atoms with Crippen LogP contribution in [-0.2, 0) is 4.79 Å². The average molecular weight is 264 g/mol. The van der Waals surface area contributed by atoms with Crippen LogP contribution in [0.2, 0.25) is 0 Å². The molecule has 0 saturated carbocycles. The number of fused-ring (bicyclic) bond motifs is 5. The fourth-order valence-electron chi connectivity index (χ4n) is 4.68. The standard InChI is InChI=1S/C16H28N2O/c1-5-13(19)15-14-10(11-7-8-12(14)17-11)9-18(15)16(3,4)6-2/h10-12,14-15,17H,5-9H2,1-4H3. The molecule has 3 aliphatic heterocycles. The van der Waals surface area contributed by atoms with Crippen LogP contribution in [0.25, 0.3) is 0 Å². The van der Waals surface area contributed by atoms with Gasteiger partial charge >= 0.3 is 0 Å². The number of hydrogen-bond donors (Lipinski definition) is 1. The van der Waals surface area contributed by atoms with E-state index in [-0.39, 0.29) is 11.6 Å². The number of ketones is 1. The maximum absolute atomic E-state index is 12.5. The molecule has 2 bridgehead atoms. The largest absolute Gasteiger partial charge is 0.311 e. The van der Waals surface area contributed by atoms with Crippen LogP contribution in [0.5, 0.6) is 0 Å². The fraction of sp³-hybridized carbons (Fsp3) is 0.938. The molecule has 3 rings (SSSR count). The Morgan fingerprint density at radius 2 is 1.95 bits per heavy atom. The summed E-state index contributed by atoms with van der Waals surface area (Å²) in [5.74, 6) is 1.76. The molecule has 19 heavy (non-hydrogen) atoms. The molecule has 5 atom stereocenters. The Morgan fingerprint density at radius 1 is 1.26 bits per heavy atom. The summed E-state index contributed by atoms with van der Waals surface area (Å²) in [5, 5.41) is 3.75. The molecule has 5 unspecified atom stereocenters. The van der Waals surface area contributed by atoms with Crippen molar-refractivity contribution in [1.29, 1.82) is 0 Å². The number of nitrogens with one attached hydrogen (secondary N) is 1. The Balaban J connectivity index is 1.91. The molecule has 0 aromatic rings. The Morgan fingerprint density at radius 3 is 2.58 bits per heavy atom. The van der Waals surface area contributed by atoms with Crippen LogP contribution in [0.15, 0.2) is 0 Å². The van der Waals surface area contributed by atoms with Crippen LogP contribution in [0, 0.1) is 11.8 Å². The molecule has 0 radical (unpaired) electrons. The molecule has 0 aromatic carbocycles. The van der Waals surface area contributed by atoms with Crippen molar-refractivity contribution >= 4 is 5.78 Å². The molecule has 3 nitrogen and oxygen atoms in total. The van der Waals surface area contributed by atoms with E-state index >= 15 is 0 Å². The highest BCUT2D eigenvalue weighted by atomic mass is 16.1. The summed E-state index contributed by atoms with van der Waals surface area (Å²) in [4.78, 5) is 15.1. The molecule has 0 amide bonds. The van der Waals surface area contributed by atoms with Crippen LogP contribution < -0.4 is 5.32 Å². The molecular formula is C16H28N2O. The smallest absolute Gasteiger partial charge is 0.150 e. The molecular weight excluding hydrogens is 236 g/mol. The van der Waals surface area contributed by atoms with E-state index in [1.165, 1.54) is 12.8 Å². The third-order valence-corrected chi connectivity index (χ3v) is 6.12. The van der Waals surface area contributed by atoms with Crippen LogP contribution in [0.1, 0.15) is 53.4 Å². The molecule has 0 aromatic heterocycles. The maximum Gasteiger partial charge on any atom is 0.150 e. The van der Waals surface area contributed by atoms with Crippen molar-refractivity contribution < 1.29 is 4.79 Å². The molecule has 3 heteroatoms. The zero-order valence-corrected chi connectivity index (χ0v) is 12.8. The number of carbonyl (C=O) groups excluding carboxylic acids is 1. The van der Waals surface area contributed by atoms with Crippen molar-refractivity contribution in [3.05, 3.63) is 0 Å². The van der Waals surface area contributed by atoms with Crippen molar-refractivity contribution in [3.8, 4) is 0 Å². The lowest BCUT2D eigenvalue weighted by Gasteiger charge is -2.40. The predicted octanol–water partition coefficient (Wildman–Crippen LogP) is 2.20. The van der Waals surface area contributed by atoms with Crippen molar-refractivity contribution in [2.45, 2.75) is 77.0 Å². The lowest BCUT2D eigenvalue weighted by Crippen LogP contribution is -2.53. The normalized spacial score (nSPS) is 41.8. The number of likely N-dealkylation sites (tertiary alicyclic amines) is 1. The Hall–Kier alpha value is -0.410. The highest BCUT2D eigenvalue weighted by molar-refractivity contribution is 5.85. The Kier molecular flexibility index (Phi) is 3.25. The van der Waals surface area contributed by atoms with Gasteiger partial charge in [-0.15, -0.1) is 0 Å². The first-order chi connectivity index (χ1) is 8.99. The van der Waals surface area contributed by atoms with E-state index in [2.05, 4.69) is 31.0 Å². The lowest BCUT2D eigenvalue weighted by atomic mass is 9.77. The topological polar surface area (TPSA) is 32.3 Å². The highest BCUT2D eigenvalue weighted by Gasteiger charge is 2.59. The van der Waals surface area contributed by atoms with E-state index in [0.717, 1.165) is 13.0 Å². The SMILES string of the molecule is CCC(=O)C1C2C3CCC(N3)C2CN1C(C)(C)CC. The Bertz CT molecular complexity index is 379. The van der Waals surface area contributed by atoms with E-state index < -0.39 is 0 Å². The minimum absolute atomic E-state index is 0.152. The zero-order chi connectivity index (χ0) is 13.8. The van der Waals surface area contributed by atoms with Gasteiger partial charge in [-0.2, -0.15) is 0 Å². The summed E-state index contributed by atoms with van der Waals surface area (Å²) in [6, 6.07) is 1.46. The lowest BCUT2D eigenvalue weighted by molar-refractivity contribution is -0.126.